The molecular weight excluding hydrogens is 536 g/mol. The summed E-state index contributed by atoms with van der Waals surface area (Å²) in [5, 5.41) is -0.124. The second-order valence-corrected chi connectivity index (χ2v) is 10.9. The van der Waals surface area contributed by atoms with Gasteiger partial charge in [0.2, 0.25) is 9.70 Å². The highest BCUT2D eigenvalue weighted by atomic mass is 35.6. The van der Waals surface area contributed by atoms with Gasteiger partial charge in [-0.1, -0.05) is 46.9 Å². The van der Waals surface area contributed by atoms with Crippen molar-refractivity contribution in [3.05, 3.63) is 52.6 Å². The Balaban J connectivity index is 2.02. The van der Waals surface area contributed by atoms with Crippen molar-refractivity contribution in [3.63, 3.8) is 0 Å². The standard InChI is InChI=1S/C21H21Cl4NO6S/c1-12(2)17(20(29)31-10-13-4-6-14(30-3)7-5-13)26-18(28)16(22)19(26)33-9-8-15(27)32-11-21(23,24)25/h4-9,16,19H,10-11H2,1-3H3/b9-8+. The van der Waals surface area contributed by atoms with E-state index in [0.29, 0.717) is 11.3 Å². The maximum atomic E-state index is 12.8. The average molecular weight is 557 g/mol. The largest absolute Gasteiger partial charge is 0.497 e. The second kappa shape index (κ2) is 12.2. The summed E-state index contributed by atoms with van der Waals surface area (Å²) in [4.78, 5) is 38.2. The van der Waals surface area contributed by atoms with Gasteiger partial charge in [-0.3, -0.25) is 9.69 Å². The molecule has 12 heteroatoms. The molecule has 1 fully saturated rings. The van der Waals surface area contributed by atoms with Gasteiger partial charge in [-0.05, 0) is 42.5 Å². The number of β-lactam (4-membered cyclic amide) rings is 1. The van der Waals surface area contributed by atoms with E-state index in [1.165, 1.54) is 10.3 Å². The number of allylic oxidation sites excluding steroid dienone is 1. The van der Waals surface area contributed by atoms with Crippen LogP contribution < -0.4 is 4.74 Å². The van der Waals surface area contributed by atoms with E-state index in [2.05, 4.69) is 0 Å². The number of carbonyl (C=O) groups excluding carboxylic acids is 3. The maximum absolute atomic E-state index is 12.8. The van der Waals surface area contributed by atoms with E-state index < -0.39 is 39.0 Å². The topological polar surface area (TPSA) is 82.1 Å². The van der Waals surface area contributed by atoms with Gasteiger partial charge < -0.3 is 14.2 Å². The zero-order chi connectivity index (χ0) is 24.8. The SMILES string of the molecule is COc1ccc(COC(=O)C(=C(C)C)N2C(=O)C(Cl)C2S/C=C/C(=O)OCC(Cl)(Cl)Cl)cc1. The van der Waals surface area contributed by atoms with Gasteiger partial charge >= 0.3 is 11.9 Å². The van der Waals surface area contributed by atoms with Gasteiger partial charge in [-0.15, -0.1) is 23.4 Å². The number of esters is 2. The molecule has 1 saturated heterocycles. The quantitative estimate of drug-likeness (QED) is 0.184. The summed E-state index contributed by atoms with van der Waals surface area (Å²) in [7, 11) is 1.56. The second-order valence-electron chi connectivity index (χ2n) is 6.94. The molecule has 180 valence electrons. The smallest absolute Gasteiger partial charge is 0.355 e. The van der Waals surface area contributed by atoms with E-state index in [1.54, 1.807) is 45.2 Å². The van der Waals surface area contributed by atoms with Crippen LogP contribution in [0.2, 0.25) is 0 Å². The third-order valence-electron chi connectivity index (χ3n) is 4.22. The molecule has 1 aliphatic rings. The van der Waals surface area contributed by atoms with Crippen molar-refractivity contribution < 1.29 is 28.6 Å². The number of nitrogens with zero attached hydrogens (tertiary/aromatic N) is 1. The zero-order valence-corrected chi connectivity index (χ0v) is 21.7. The van der Waals surface area contributed by atoms with Crippen molar-refractivity contribution >= 4 is 76.0 Å². The molecule has 0 radical (unpaired) electrons. The van der Waals surface area contributed by atoms with Gasteiger partial charge in [0, 0.05) is 6.08 Å². The molecule has 0 aliphatic carbocycles. The summed E-state index contributed by atoms with van der Waals surface area (Å²) in [6.07, 6.45) is 1.11. The fourth-order valence-electron chi connectivity index (χ4n) is 2.66. The van der Waals surface area contributed by atoms with Crippen LogP contribution in [0, 0.1) is 0 Å². The van der Waals surface area contributed by atoms with Crippen molar-refractivity contribution in [2.45, 2.75) is 35.0 Å². The van der Waals surface area contributed by atoms with E-state index in [0.717, 1.165) is 23.4 Å². The minimum Gasteiger partial charge on any atom is -0.497 e. The number of thioether (sulfide) groups is 1. The lowest BCUT2D eigenvalue weighted by molar-refractivity contribution is -0.149. The minimum atomic E-state index is -1.72. The summed E-state index contributed by atoms with van der Waals surface area (Å²) >= 11 is 23.8. The van der Waals surface area contributed by atoms with Crippen molar-refractivity contribution in [2.75, 3.05) is 13.7 Å². The number of alkyl halides is 4. The van der Waals surface area contributed by atoms with Crippen LogP contribution in [-0.2, 0) is 30.5 Å². The Morgan fingerprint density at radius 3 is 2.33 bits per heavy atom. The Bertz CT molecular complexity index is 941. The number of methoxy groups -OCH3 is 1. The lowest BCUT2D eigenvalue weighted by Gasteiger charge is -2.43. The minimum absolute atomic E-state index is 0.0126. The summed E-state index contributed by atoms with van der Waals surface area (Å²) < 4.78 is 13.6. The predicted molar refractivity (Wildman–Crippen MR) is 129 cm³/mol. The predicted octanol–water partition coefficient (Wildman–Crippen LogP) is 4.97. The van der Waals surface area contributed by atoms with Crippen LogP contribution in [0.3, 0.4) is 0 Å². The van der Waals surface area contributed by atoms with Gasteiger partial charge in [0.05, 0.1) is 7.11 Å². The number of rotatable bonds is 9. The molecule has 0 spiro atoms. The first kappa shape index (κ1) is 27.7. The monoisotopic (exact) mass is 555 g/mol. The first-order valence-corrected chi connectivity index (χ1v) is 12.0. The third kappa shape index (κ3) is 8.00. The van der Waals surface area contributed by atoms with Gasteiger partial charge in [0.15, 0.2) is 0 Å². The number of benzene rings is 1. The Morgan fingerprint density at radius 1 is 1.15 bits per heavy atom. The first-order chi connectivity index (χ1) is 15.4. The fourth-order valence-corrected chi connectivity index (χ4v) is 4.15. The number of hydrogen-bond acceptors (Lipinski definition) is 7. The van der Waals surface area contributed by atoms with E-state index >= 15 is 0 Å². The van der Waals surface area contributed by atoms with Gasteiger partial charge in [0.25, 0.3) is 0 Å². The summed E-state index contributed by atoms with van der Waals surface area (Å²) in [6.45, 7) is 2.97. The first-order valence-electron chi connectivity index (χ1n) is 9.44. The molecule has 0 saturated carbocycles. The molecule has 2 rings (SSSR count). The highest BCUT2D eigenvalue weighted by molar-refractivity contribution is 8.03. The van der Waals surface area contributed by atoms with E-state index in [4.69, 9.17) is 60.6 Å². The van der Waals surface area contributed by atoms with Crippen LogP contribution in [0.15, 0.2) is 47.0 Å². The molecular formula is C21H21Cl4NO6S. The van der Waals surface area contributed by atoms with Crippen molar-refractivity contribution in [1.82, 2.24) is 4.90 Å². The Labute approximate surface area is 215 Å². The lowest BCUT2D eigenvalue weighted by atomic mass is 10.1. The molecule has 33 heavy (non-hydrogen) atoms. The molecule has 7 nitrogen and oxygen atoms in total. The summed E-state index contributed by atoms with van der Waals surface area (Å²) in [6, 6.07) is 7.03. The fraction of sp³-hybridized carbons (Fsp3) is 0.381. The van der Waals surface area contributed by atoms with Crippen LogP contribution in [-0.4, -0.2) is 51.0 Å². The summed E-state index contributed by atoms with van der Waals surface area (Å²) in [5.74, 6) is -1.17. The molecule has 1 amide bonds. The van der Waals surface area contributed by atoms with Crippen molar-refractivity contribution in [1.29, 1.82) is 0 Å². The zero-order valence-electron chi connectivity index (χ0n) is 17.8. The van der Waals surface area contributed by atoms with Gasteiger partial charge in [0.1, 0.15) is 35.4 Å². The van der Waals surface area contributed by atoms with E-state index in [1.807, 2.05) is 0 Å². The maximum Gasteiger partial charge on any atom is 0.355 e. The molecule has 2 unspecified atom stereocenters. The van der Waals surface area contributed by atoms with Crippen LogP contribution in [0.1, 0.15) is 19.4 Å². The number of ether oxygens (including phenoxy) is 3. The van der Waals surface area contributed by atoms with Gasteiger partial charge in [-0.2, -0.15) is 0 Å². The molecule has 1 heterocycles. The Kier molecular flexibility index (Phi) is 10.2. The molecule has 0 aromatic heterocycles. The number of halogens is 4. The number of hydrogen-bond donors (Lipinski definition) is 0. The molecule has 1 aliphatic heterocycles. The number of carbonyl (C=O) groups is 3. The van der Waals surface area contributed by atoms with Crippen molar-refractivity contribution in [3.8, 4) is 5.75 Å². The van der Waals surface area contributed by atoms with Crippen LogP contribution in [0.25, 0.3) is 0 Å². The summed E-state index contributed by atoms with van der Waals surface area (Å²) in [5.41, 5.74) is 1.42. The highest BCUT2D eigenvalue weighted by Crippen LogP contribution is 2.38. The van der Waals surface area contributed by atoms with E-state index in [9.17, 15) is 14.4 Å². The van der Waals surface area contributed by atoms with E-state index in [-0.39, 0.29) is 12.3 Å². The molecule has 1 aromatic rings. The van der Waals surface area contributed by atoms with Crippen LogP contribution >= 0.6 is 58.2 Å². The average Bonchev–Trinajstić information content (AvgIpc) is 2.77. The number of amides is 1. The molecule has 0 bridgehead atoms. The molecule has 2 atom stereocenters. The molecule has 1 aromatic carbocycles. The van der Waals surface area contributed by atoms with Crippen LogP contribution in [0.4, 0.5) is 0 Å². The van der Waals surface area contributed by atoms with Crippen LogP contribution in [0.5, 0.6) is 5.75 Å². The van der Waals surface area contributed by atoms with Gasteiger partial charge in [-0.25, -0.2) is 9.59 Å². The molecule has 0 N–H and O–H groups in total. The Morgan fingerprint density at radius 2 is 1.79 bits per heavy atom. The third-order valence-corrected chi connectivity index (χ3v) is 6.17. The highest BCUT2D eigenvalue weighted by Gasteiger charge is 2.50. The number of likely N-dealkylation sites (tertiary alicyclic amines) is 1. The Hall–Kier alpha value is -1.58. The normalized spacial score (nSPS) is 18.0. The van der Waals surface area contributed by atoms with Crippen molar-refractivity contribution in [2.24, 2.45) is 0 Å². The lowest BCUT2D eigenvalue weighted by Crippen LogP contribution is -2.61.